The second-order valence-corrected chi connectivity index (χ2v) is 6.65. The molecule has 1 N–H and O–H groups in total. The average Bonchev–Trinajstić information content (AvgIpc) is 2.69. The fourth-order valence-corrected chi connectivity index (χ4v) is 3.18. The van der Waals surface area contributed by atoms with Gasteiger partial charge in [-0.2, -0.15) is 5.26 Å². The van der Waals surface area contributed by atoms with Gasteiger partial charge in [-0.3, -0.25) is 4.79 Å². The van der Waals surface area contributed by atoms with Gasteiger partial charge in [-0.25, -0.2) is 0 Å². The molecule has 3 rings (SSSR count). The number of nitrogens with one attached hydrogen (secondary N) is 1. The number of halogens is 1. The molecule has 2 aromatic rings. The average molecular weight is 366 g/mol. The lowest BCUT2D eigenvalue weighted by atomic mass is 10.1. The molecule has 0 spiro atoms. The Morgan fingerprint density at radius 3 is 2.42 bits per heavy atom. The third-order valence-corrected chi connectivity index (χ3v) is 4.74. The van der Waals surface area contributed by atoms with Gasteiger partial charge in [0.2, 0.25) is 0 Å². The second-order valence-electron chi connectivity index (χ2n) is 6.24. The van der Waals surface area contributed by atoms with Gasteiger partial charge in [-0.05, 0) is 55.2 Å². The molecule has 5 heteroatoms. The van der Waals surface area contributed by atoms with Crippen LogP contribution in [0.1, 0.15) is 24.8 Å². The van der Waals surface area contributed by atoms with Crippen molar-refractivity contribution in [3.63, 3.8) is 0 Å². The lowest BCUT2D eigenvalue weighted by molar-refractivity contribution is -0.112. The van der Waals surface area contributed by atoms with Crippen molar-refractivity contribution in [2.75, 3.05) is 23.3 Å². The summed E-state index contributed by atoms with van der Waals surface area (Å²) in [7, 11) is 0. The lowest BCUT2D eigenvalue weighted by Gasteiger charge is -2.28. The van der Waals surface area contributed by atoms with E-state index in [9.17, 15) is 10.1 Å². The Kier molecular flexibility index (Phi) is 5.93. The highest BCUT2D eigenvalue weighted by Gasteiger charge is 2.12. The molecule has 1 fully saturated rings. The highest BCUT2D eigenvalue weighted by atomic mass is 35.5. The van der Waals surface area contributed by atoms with Crippen molar-refractivity contribution in [3.8, 4) is 6.07 Å². The van der Waals surface area contributed by atoms with Gasteiger partial charge in [0.25, 0.3) is 5.91 Å². The van der Waals surface area contributed by atoms with E-state index in [0.29, 0.717) is 10.7 Å². The van der Waals surface area contributed by atoms with E-state index in [0.717, 1.165) is 18.7 Å². The van der Waals surface area contributed by atoms with Crippen molar-refractivity contribution in [2.24, 2.45) is 0 Å². The molecule has 1 heterocycles. The number of nitriles is 1. The molecule has 0 atom stereocenters. The van der Waals surface area contributed by atoms with Crippen LogP contribution in [0.15, 0.2) is 54.1 Å². The van der Waals surface area contributed by atoms with E-state index >= 15 is 0 Å². The topological polar surface area (TPSA) is 56.1 Å². The van der Waals surface area contributed by atoms with Crippen LogP contribution in [-0.2, 0) is 4.79 Å². The minimum atomic E-state index is -0.472. The molecule has 2 aromatic carbocycles. The second kappa shape index (κ2) is 8.55. The van der Waals surface area contributed by atoms with Crippen LogP contribution in [0.25, 0.3) is 6.08 Å². The van der Waals surface area contributed by atoms with Crippen LogP contribution in [0.4, 0.5) is 11.4 Å². The summed E-state index contributed by atoms with van der Waals surface area (Å²) in [6.45, 7) is 2.16. The molecule has 1 aliphatic rings. The first-order chi connectivity index (χ1) is 12.7. The van der Waals surface area contributed by atoms with Crippen molar-refractivity contribution in [1.29, 1.82) is 5.26 Å². The van der Waals surface area contributed by atoms with Crippen LogP contribution < -0.4 is 10.2 Å². The predicted octanol–water partition coefficient (Wildman–Crippen LogP) is 4.88. The van der Waals surface area contributed by atoms with Gasteiger partial charge in [-0.15, -0.1) is 0 Å². The van der Waals surface area contributed by atoms with Crippen molar-refractivity contribution in [1.82, 2.24) is 0 Å². The Morgan fingerprint density at radius 1 is 1.08 bits per heavy atom. The molecule has 0 unspecified atom stereocenters. The summed E-state index contributed by atoms with van der Waals surface area (Å²) in [6.07, 6.45) is 5.33. The predicted molar refractivity (Wildman–Crippen MR) is 106 cm³/mol. The maximum absolute atomic E-state index is 12.3. The van der Waals surface area contributed by atoms with E-state index in [-0.39, 0.29) is 5.57 Å². The Balaban J connectivity index is 1.73. The number of amides is 1. The highest BCUT2D eigenvalue weighted by molar-refractivity contribution is 6.34. The first-order valence-corrected chi connectivity index (χ1v) is 9.08. The fourth-order valence-electron chi connectivity index (χ4n) is 3.00. The number of anilines is 2. The van der Waals surface area contributed by atoms with Crippen LogP contribution in [0.5, 0.6) is 0 Å². The smallest absolute Gasteiger partial charge is 0.266 e. The summed E-state index contributed by atoms with van der Waals surface area (Å²) >= 11 is 6.05. The first kappa shape index (κ1) is 18.0. The molecule has 26 heavy (non-hydrogen) atoms. The Labute approximate surface area is 158 Å². The van der Waals surface area contributed by atoms with E-state index in [1.807, 2.05) is 30.3 Å². The summed E-state index contributed by atoms with van der Waals surface area (Å²) in [5.74, 6) is -0.472. The van der Waals surface area contributed by atoms with Crippen molar-refractivity contribution < 1.29 is 4.79 Å². The van der Waals surface area contributed by atoms with Crippen LogP contribution in [-0.4, -0.2) is 19.0 Å². The largest absolute Gasteiger partial charge is 0.372 e. The van der Waals surface area contributed by atoms with Gasteiger partial charge in [0, 0.05) is 18.8 Å². The van der Waals surface area contributed by atoms with Gasteiger partial charge in [0.1, 0.15) is 11.6 Å². The summed E-state index contributed by atoms with van der Waals surface area (Å²) in [5.41, 5.74) is 2.52. The summed E-state index contributed by atoms with van der Waals surface area (Å²) < 4.78 is 0. The van der Waals surface area contributed by atoms with Gasteiger partial charge in [0.15, 0.2) is 0 Å². The number of benzene rings is 2. The van der Waals surface area contributed by atoms with E-state index < -0.39 is 5.91 Å². The van der Waals surface area contributed by atoms with Gasteiger partial charge in [-0.1, -0.05) is 35.9 Å². The quantitative estimate of drug-likeness (QED) is 0.620. The minimum absolute atomic E-state index is 0.0376. The van der Waals surface area contributed by atoms with Crippen LogP contribution in [0.3, 0.4) is 0 Å². The molecule has 0 saturated carbocycles. The molecular weight excluding hydrogens is 346 g/mol. The molecule has 0 radical (unpaired) electrons. The number of para-hydroxylation sites is 1. The number of hydrogen-bond acceptors (Lipinski definition) is 3. The standard InChI is InChI=1S/C21H20ClN3O/c22-19-6-2-3-7-20(19)24-21(26)17(15-23)14-16-8-10-18(11-9-16)25-12-4-1-5-13-25/h2-3,6-11,14H,1,4-5,12-13H2,(H,24,26)/b17-14-. The van der Waals surface area contributed by atoms with Gasteiger partial charge in [0.05, 0.1) is 10.7 Å². The molecule has 1 saturated heterocycles. The Hall–Kier alpha value is -2.77. The van der Waals surface area contributed by atoms with E-state index in [4.69, 9.17) is 11.6 Å². The van der Waals surface area contributed by atoms with E-state index in [2.05, 4.69) is 10.2 Å². The summed E-state index contributed by atoms with van der Waals surface area (Å²) in [5, 5.41) is 12.5. The maximum Gasteiger partial charge on any atom is 0.266 e. The highest BCUT2D eigenvalue weighted by Crippen LogP contribution is 2.23. The minimum Gasteiger partial charge on any atom is -0.372 e. The van der Waals surface area contributed by atoms with Gasteiger partial charge < -0.3 is 10.2 Å². The Morgan fingerprint density at radius 2 is 1.77 bits per heavy atom. The summed E-state index contributed by atoms with van der Waals surface area (Å²) in [6, 6.07) is 16.9. The molecule has 132 valence electrons. The molecular formula is C21H20ClN3O. The van der Waals surface area contributed by atoms with Crippen molar-refractivity contribution in [2.45, 2.75) is 19.3 Å². The van der Waals surface area contributed by atoms with Crippen molar-refractivity contribution >= 4 is 35.0 Å². The third kappa shape index (κ3) is 4.44. The Bertz CT molecular complexity index is 846. The third-order valence-electron chi connectivity index (χ3n) is 4.41. The number of hydrogen-bond donors (Lipinski definition) is 1. The van der Waals surface area contributed by atoms with Crippen molar-refractivity contribution in [3.05, 3.63) is 64.7 Å². The van der Waals surface area contributed by atoms with Crippen LogP contribution in [0, 0.1) is 11.3 Å². The molecule has 1 amide bonds. The monoisotopic (exact) mass is 365 g/mol. The van der Waals surface area contributed by atoms with E-state index in [1.54, 1.807) is 30.3 Å². The molecule has 1 aliphatic heterocycles. The number of piperidine rings is 1. The lowest BCUT2D eigenvalue weighted by Crippen LogP contribution is -2.29. The number of nitrogens with zero attached hydrogens (tertiary/aromatic N) is 2. The number of carbonyl (C=O) groups excluding carboxylic acids is 1. The normalized spacial score (nSPS) is 14.6. The number of carbonyl (C=O) groups is 1. The van der Waals surface area contributed by atoms with Crippen LogP contribution in [0.2, 0.25) is 5.02 Å². The SMILES string of the molecule is N#C/C(=C/c1ccc(N2CCCCC2)cc1)C(=O)Nc1ccccc1Cl. The molecule has 0 bridgehead atoms. The zero-order chi connectivity index (χ0) is 18.4. The fraction of sp³-hybridized carbons (Fsp3) is 0.238. The zero-order valence-electron chi connectivity index (χ0n) is 14.4. The van der Waals surface area contributed by atoms with E-state index in [1.165, 1.54) is 24.9 Å². The first-order valence-electron chi connectivity index (χ1n) is 8.70. The zero-order valence-corrected chi connectivity index (χ0v) is 15.2. The van der Waals surface area contributed by atoms with Crippen LogP contribution >= 0.6 is 11.6 Å². The summed E-state index contributed by atoms with van der Waals surface area (Å²) in [4.78, 5) is 14.7. The number of rotatable bonds is 4. The van der Waals surface area contributed by atoms with Gasteiger partial charge >= 0.3 is 0 Å². The molecule has 4 nitrogen and oxygen atoms in total. The molecule has 0 aliphatic carbocycles. The maximum atomic E-state index is 12.3. The molecule has 0 aromatic heterocycles.